The van der Waals surface area contributed by atoms with E-state index in [1.165, 1.54) is 0 Å². The summed E-state index contributed by atoms with van der Waals surface area (Å²) in [6.45, 7) is 1.30. The van der Waals surface area contributed by atoms with Crippen LogP contribution < -0.4 is 4.74 Å². The Bertz CT molecular complexity index is 359. The van der Waals surface area contributed by atoms with Crippen LogP contribution in [0, 0.1) is 0 Å². The molecule has 13 heavy (non-hydrogen) atoms. The van der Waals surface area contributed by atoms with Crippen LogP contribution in [0.1, 0.15) is 17.3 Å². The first kappa shape index (κ1) is 8.26. The van der Waals surface area contributed by atoms with Crippen molar-refractivity contribution in [3.8, 4) is 5.75 Å². The molecule has 0 radical (unpaired) electrons. The summed E-state index contributed by atoms with van der Waals surface area (Å²) in [7, 11) is 0. The Morgan fingerprint density at radius 2 is 2.15 bits per heavy atom. The maximum absolute atomic E-state index is 11.7. The summed E-state index contributed by atoms with van der Waals surface area (Å²) in [5.74, 6) is 0.412. The first-order valence-electron chi connectivity index (χ1n) is 4.11. The average Bonchev–Trinajstić information content (AvgIpc) is 2.41. The van der Waals surface area contributed by atoms with Crippen LogP contribution in [-0.2, 0) is 0 Å². The number of benzene rings is 1. The molecule has 1 aromatic carbocycles. The molecule has 0 aliphatic carbocycles. The van der Waals surface area contributed by atoms with Gasteiger partial charge in [0, 0.05) is 0 Å². The van der Waals surface area contributed by atoms with Crippen molar-refractivity contribution in [3.05, 3.63) is 29.8 Å². The van der Waals surface area contributed by atoms with Crippen LogP contribution in [0.5, 0.6) is 5.75 Å². The van der Waals surface area contributed by atoms with Crippen molar-refractivity contribution in [1.29, 1.82) is 0 Å². The number of carbonyl (C=O) groups excluding carboxylic acids is 1. The fourth-order valence-electron chi connectivity index (χ4n) is 1.42. The van der Waals surface area contributed by atoms with E-state index in [0.717, 1.165) is 0 Å². The van der Waals surface area contributed by atoms with E-state index >= 15 is 0 Å². The molecule has 2 rings (SSSR count). The molecule has 3 heteroatoms. The smallest absolute Gasteiger partial charge is 0.212 e. The number of carbonyl (C=O) groups is 1. The second kappa shape index (κ2) is 2.57. The lowest BCUT2D eigenvalue weighted by Gasteiger charge is -2.18. The van der Waals surface area contributed by atoms with E-state index in [2.05, 4.69) is 0 Å². The van der Waals surface area contributed by atoms with Gasteiger partial charge >= 0.3 is 0 Å². The van der Waals surface area contributed by atoms with Gasteiger partial charge in [0.2, 0.25) is 5.78 Å². The van der Waals surface area contributed by atoms with Gasteiger partial charge in [-0.1, -0.05) is 12.1 Å². The number of para-hydroxylation sites is 1. The summed E-state index contributed by atoms with van der Waals surface area (Å²) in [5, 5.41) is 9.02. The van der Waals surface area contributed by atoms with Gasteiger partial charge in [-0.15, -0.1) is 0 Å². The first-order chi connectivity index (χ1) is 6.17. The van der Waals surface area contributed by atoms with Crippen molar-refractivity contribution in [1.82, 2.24) is 0 Å². The van der Waals surface area contributed by atoms with E-state index in [1.807, 2.05) is 0 Å². The highest BCUT2D eigenvalue weighted by Gasteiger charge is 2.43. The Morgan fingerprint density at radius 3 is 2.77 bits per heavy atom. The van der Waals surface area contributed by atoms with Gasteiger partial charge in [0.15, 0.2) is 5.60 Å². The lowest BCUT2D eigenvalue weighted by atomic mass is 9.99. The standard InChI is InChI=1S/C10H10O3/c1-10(6-11)9(12)7-4-2-3-5-8(7)13-10/h2-5,11H,6H2,1H3. The molecule has 1 aromatic rings. The number of ether oxygens (including phenoxy) is 1. The van der Waals surface area contributed by atoms with Gasteiger partial charge in [-0.05, 0) is 19.1 Å². The highest BCUT2D eigenvalue weighted by molar-refractivity contribution is 6.07. The Kier molecular flexibility index (Phi) is 1.63. The number of Topliss-reactive ketones (excluding diaryl/α,β-unsaturated/α-hetero) is 1. The third-order valence-electron chi connectivity index (χ3n) is 2.25. The van der Waals surface area contributed by atoms with E-state index in [0.29, 0.717) is 11.3 Å². The van der Waals surface area contributed by atoms with Crippen LogP contribution in [0.4, 0.5) is 0 Å². The predicted octanol–water partition coefficient (Wildman–Crippen LogP) is 1.01. The van der Waals surface area contributed by atoms with Crippen LogP contribution >= 0.6 is 0 Å². The molecule has 0 amide bonds. The molecule has 0 spiro atoms. The number of hydrogen-bond acceptors (Lipinski definition) is 3. The van der Waals surface area contributed by atoms with Crippen LogP contribution in [-0.4, -0.2) is 23.1 Å². The molecule has 68 valence electrons. The minimum absolute atomic E-state index is 0.148. The summed E-state index contributed by atoms with van der Waals surface area (Å²) >= 11 is 0. The molecule has 0 aromatic heterocycles. The topological polar surface area (TPSA) is 46.5 Å². The van der Waals surface area contributed by atoms with Crippen molar-refractivity contribution in [2.24, 2.45) is 0 Å². The van der Waals surface area contributed by atoms with E-state index < -0.39 is 5.60 Å². The molecule has 0 fully saturated rings. The van der Waals surface area contributed by atoms with Gasteiger partial charge < -0.3 is 9.84 Å². The number of ketones is 1. The number of aliphatic hydroxyl groups is 1. The molecule has 1 N–H and O–H groups in total. The summed E-state index contributed by atoms with van der Waals surface area (Å²) in [6.07, 6.45) is 0. The van der Waals surface area contributed by atoms with E-state index in [1.54, 1.807) is 31.2 Å². The minimum Gasteiger partial charge on any atom is -0.476 e. The van der Waals surface area contributed by atoms with Crippen molar-refractivity contribution in [2.75, 3.05) is 6.61 Å². The highest BCUT2D eigenvalue weighted by atomic mass is 16.5. The zero-order chi connectivity index (χ0) is 9.47. The van der Waals surface area contributed by atoms with Gasteiger partial charge in [-0.25, -0.2) is 0 Å². The molecule has 0 bridgehead atoms. The molecule has 1 aliphatic heterocycles. The SMILES string of the molecule is CC1(CO)Oc2ccccc2C1=O. The number of aliphatic hydroxyl groups excluding tert-OH is 1. The van der Waals surface area contributed by atoms with Crippen molar-refractivity contribution < 1.29 is 14.6 Å². The minimum atomic E-state index is -1.08. The van der Waals surface area contributed by atoms with Crippen LogP contribution in [0.3, 0.4) is 0 Å². The largest absolute Gasteiger partial charge is 0.476 e. The molecular weight excluding hydrogens is 168 g/mol. The molecule has 3 nitrogen and oxygen atoms in total. The molecular formula is C10H10O3. The third kappa shape index (κ3) is 1.04. The lowest BCUT2D eigenvalue weighted by Crippen LogP contribution is -2.40. The lowest BCUT2D eigenvalue weighted by molar-refractivity contribution is 0.0359. The van der Waals surface area contributed by atoms with E-state index in [4.69, 9.17) is 9.84 Å². The van der Waals surface area contributed by atoms with Gasteiger partial charge in [0.25, 0.3) is 0 Å². The number of fused-ring (bicyclic) bond motifs is 1. The second-order valence-corrected chi connectivity index (χ2v) is 3.32. The maximum atomic E-state index is 11.7. The summed E-state index contributed by atoms with van der Waals surface area (Å²) in [6, 6.07) is 7.02. The van der Waals surface area contributed by atoms with Gasteiger partial charge in [0.05, 0.1) is 12.2 Å². The predicted molar refractivity (Wildman–Crippen MR) is 46.9 cm³/mol. The Hall–Kier alpha value is -1.35. The van der Waals surface area contributed by atoms with Crippen LogP contribution in [0.15, 0.2) is 24.3 Å². The number of hydrogen-bond donors (Lipinski definition) is 1. The summed E-state index contributed by atoms with van der Waals surface area (Å²) < 4.78 is 5.36. The van der Waals surface area contributed by atoms with E-state index in [-0.39, 0.29) is 12.4 Å². The Balaban J connectivity index is 2.50. The highest BCUT2D eigenvalue weighted by Crippen LogP contribution is 2.34. The average molecular weight is 178 g/mol. The van der Waals surface area contributed by atoms with Crippen molar-refractivity contribution in [2.45, 2.75) is 12.5 Å². The number of rotatable bonds is 1. The Labute approximate surface area is 76.0 Å². The molecule has 0 saturated carbocycles. The Morgan fingerprint density at radius 1 is 1.46 bits per heavy atom. The van der Waals surface area contributed by atoms with Crippen LogP contribution in [0.25, 0.3) is 0 Å². The molecule has 0 saturated heterocycles. The van der Waals surface area contributed by atoms with Gasteiger partial charge in [-0.2, -0.15) is 0 Å². The molecule has 1 heterocycles. The summed E-state index contributed by atoms with van der Waals surface area (Å²) in [5.41, 5.74) is -0.525. The molecule has 1 atom stereocenters. The van der Waals surface area contributed by atoms with Gasteiger partial charge in [0.1, 0.15) is 5.75 Å². The normalized spacial score (nSPS) is 25.5. The molecule has 1 aliphatic rings. The zero-order valence-corrected chi connectivity index (χ0v) is 7.28. The zero-order valence-electron chi connectivity index (χ0n) is 7.28. The maximum Gasteiger partial charge on any atom is 0.212 e. The van der Waals surface area contributed by atoms with Crippen molar-refractivity contribution in [3.63, 3.8) is 0 Å². The quantitative estimate of drug-likeness (QED) is 0.698. The fraction of sp³-hybridized carbons (Fsp3) is 0.300. The fourth-order valence-corrected chi connectivity index (χ4v) is 1.42. The third-order valence-corrected chi connectivity index (χ3v) is 2.25. The van der Waals surface area contributed by atoms with Gasteiger partial charge in [-0.3, -0.25) is 4.79 Å². The molecule has 1 unspecified atom stereocenters. The van der Waals surface area contributed by atoms with Crippen molar-refractivity contribution >= 4 is 5.78 Å². The first-order valence-corrected chi connectivity index (χ1v) is 4.11. The summed E-state index contributed by atoms with van der Waals surface area (Å²) in [4.78, 5) is 11.7. The second-order valence-electron chi connectivity index (χ2n) is 3.32. The van der Waals surface area contributed by atoms with E-state index in [9.17, 15) is 4.79 Å². The monoisotopic (exact) mass is 178 g/mol. The van der Waals surface area contributed by atoms with Crippen LogP contribution in [0.2, 0.25) is 0 Å².